The smallest absolute Gasteiger partial charge is 0.354 e. The fourth-order valence-electron chi connectivity index (χ4n) is 2.78. The SMILES string of the molecule is Cc1cc(Cn2oc(-c3ccccc3)nc2=O)c2ccccc2n1. The second-order valence-corrected chi connectivity index (χ2v) is 5.63. The Hall–Kier alpha value is -3.21. The quantitative estimate of drug-likeness (QED) is 0.581. The molecule has 2 aromatic carbocycles. The molecule has 0 atom stereocenters. The van der Waals surface area contributed by atoms with Crippen LogP contribution >= 0.6 is 0 Å². The average Bonchev–Trinajstić information content (AvgIpc) is 2.96. The molecule has 0 spiro atoms. The van der Waals surface area contributed by atoms with Gasteiger partial charge in [0.25, 0.3) is 5.89 Å². The largest absolute Gasteiger partial charge is 0.380 e. The minimum Gasteiger partial charge on any atom is -0.354 e. The Bertz CT molecular complexity index is 1060. The number of para-hydroxylation sites is 1. The summed E-state index contributed by atoms with van der Waals surface area (Å²) in [5.41, 5.74) is 3.18. The van der Waals surface area contributed by atoms with Crippen LogP contribution < -0.4 is 5.69 Å². The van der Waals surface area contributed by atoms with E-state index >= 15 is 0 Å². The van der Waals surface area contributed by atoms with Crippen LogP contribution in [0.5, 0.6) is 0 Å². The van der Waals surface area contributed by atoms with E-state index in [2.05, 4.69) is 9.97 Å². The molecule has 0 amide bonds. The second kappa shape index (κ2) is 5.77. The van der Waals surface area contributed by atoms with Gasteiger partial charge < -0.3 is 4.52 Å². The van der Waals surface area contributed by atoms with Crippen molar-refractivity contribution in [2.45, 2.75) is 13.5 Å². The number of nitrogens with zero attached hydrogens (tertiary/aromatic N) is 3. The standard InChI is InChI=1S/C19H15N3O2/c1-13-11-15(16-9-5-6-10-17(16)20-13)12-22-19(23)21-18(24-22)14-7-3-2-4-8-14/h2-11H,12H2,1H3. The molecule has 2 heterocycles. The lowest BCUT2D eigenvalue weighted by Gasteiger charge is -2.07. The van der Waals surface area contributed by atoms with Crippen LogP contribution in [-0.2, 0) is 6.54 Å². The van der Waals surface area contributed by atoms with Crippen LogP contribution in [0.2, 0.25) is 0 Å². The Kier molecular flexibility index (Phi) is 3.46. The third kappa shape index (κ3) is 2.60. The van der Waals surface area contributed by atoms with Gasteiger partial charge in [0.2, 0.25) is 0 Å². The summed E-state index contributed by atoms with van der Waals surface area (Å²) >= 11 is 0. The highest BCUT2D eigenvalue weighted by Gasteiger charge is 2.12. The molecule has 0 aliphatic rings. The van der Waals surface area contributed by atoms with E-state index in [1.54, 1.807) is 0 Å². The van der Waals surface area contributed by atoms with Crippen LogP contribution in [-0.4, -0.2) is 14.7 Å². The molecule has 0 bridgehead atoms. The highest BCUT2D eigenvalue weighted by atomic mass is 16.5. The van der Waals surface area contributed by atoms with Crippen LogP contribution in [0.3, 0.4) is 0 Å². The molecule has 0 N–H and O–H groups in total. The molecule has 2 aromatic heterocycles. The molecule has 0 saturated heterocycles. The van der Waals surface area contributed by atoms with E-state index in [0.717, 1.165) is 27.7 Å². The van der Waals surface area contributed by atoms with Crippen molar-refractivity contribution >= 4 is 10.9 Å². The Labute approximate surface area is 138 Å². The van der Waals surface area contributed by atoms with Gasteiger partial charge in [-0.15, -0.1) is 4.74 Å². The zero-order valence-electron chi connectivity index (χ0n) is 13.1. The number of aromatic nitrogens is 3. The first-order valence-corrected chi connectivity index (χ1v) is 7.69. The highest BCUT2D eigenvalue weighted by Crippen LogP contribution is 2.20. The van der Waals surface area contributed by atoms with Crippen LogP contribution in [0, 0.1) is 6.92 Å². The summed E-state index contributed by atoms with van der Waals surface area (Å²) in [4.78, 5) is 20.7. The highest BCUT2D eigenvalue weighted by molar-refractivity contribution is 5.82. The van der Waals surface area contributed by atoms with Gasteiger partial charge in [-0.25, -0.2) is 4.79 Å². The first-order valence-electron chi connectivity index (χ1n) is 7.69. The van der Waals surface area contributed by atoms with Crippen molar-refractivity contribution in [2.24, 2.45) is 0 Å². The third-order valence-electron chi connectivity index (χ3n) is 3.87. The van der Waals surface area contributed by atoms with Crippen LogP contribution in [0.25, 0.3) is 22.4 Å². The lowest BCUT2D eigenvalue weighted by Crippen LogP contribution is -2.17. The monoisotopic (exact) mass is 317 g/mol. The van der Waals surface area contributed by atoms with E-state index in [1.165, 1.54) is 4.74 Å². The predicted molar refractivity (Wildman–Crippen MR) is 91.8 cm³/mol. The van der Waals surface area contributed by atoms with Gasteiger partial charge in [0.15, 0.2) is 0 Å². The van der Waals surface area contributed by atoms with Gasteiger partial charge in [-0.3, -0.25) is 4.98 Å². The van der Waals surface area contributed by atoms with Gasteiger partial charge >= 0.3 is 5.69 Å². The van der Waals surface area contributed by atoms with Gasteiger partial charge in [0.05, 0.1) is 12.1 Å². The fourth-order valence-corrected chi connectivity index (χ4v) is 2.78. The van der Waals surface area contributed by atoms with Crippen molar-refractivity contribution in [3.05, 3.63) is 82.4 Å². The van der Waals surface area contributed by atoms with Crippen molar-refractivity contribution in [3.8, 4) is 11.5 Å². The number of pyridine rings is 1. The van der Waals surface area contributed by atoms with Gasteiger partial charge in [0.1, 0.15) is 0 Å². The maximum Gasteiger partial charge on any atom is 0.380 e. The molecule has 4 rings (SSSR count). The number of fused-ring (bicyclic) bond motifs is 1. The Balaban J connectivity index is 1.77. The summed E-state index contributed by atoms with van der Waals surface area (Å²) in [6.07, 6.45) is 0. The Morgan fingerprint density at radius 2 is 1.75 bits per heavy atom. The summed E-state index contributed by atoms with van der Waals surface area (Å²) in [7, 11) is 0. The maximum atomic E-state index is 12.2. The van der Waals surface area contributed by atoms with Crippen molar-refractivity contribution in [2.75, 3.05) is 0 Å². The van der Waals surface area contributed by atoms with E-state index in [0.29, 0.717) is 12.4 Å². The van der Waals surface area contributed by atoms with Crippen LogP contribution in [0.15, 0.2) is 70.0 Å². The topological polar surface area (TPSA) is 60.9 Å². The van der Waals surface area contributed by atoms with E-state index in [-0.39, 0.29) is 0 Å². The van der Waals surface area contributed by atoms with Crippen LogP contribution in [0.1, 0.15) is 11.3 Å². The molecule has 118 valence electrons. The van der Waals surface area contributed by atoms with Crippen LogP contribution in [0.4, 0.5) is 0 Å². The second-order valence-electron chi connectivity index (χ2n) is 5.63. The molecule has 0 fully saturated rings. The molecule has 0 aliphatic carbocycles. The zero-order valence-corrected chi connectivity index (χ0v) is 13.1. The summed E-state index contributed by atoms with van der Waals surface area (Å²) in [6.45, 7) is 2.26. The Morgan fingerprint density at radius 1 is 1.00 bits per heavy atom. The van der Waals surface area contributed by atoms with Gasteiger partial charge in [0, 0.05) is 16.6 Å². The number of aryl methyl sites for hydroxylation is 1. The fraction of sp³-hybridized carbons (Fsp3) is 0.105. The molecule has 5 nitrogen and oxygen atoms in total. The average molecular weight is 317 g/mol. The van der Waals surface area contributed by atoms with E-state index < -0.39 is 5.69 Å². The molecular formula is C19H15N3O2. The normalized spacial score (nSPS) is 11.0. The molecule has 0 unspecified atom stereocenters. The van der Waals surface area contributed by atoms with Crippen molar-refractivity contribution in [1.82, 2.24) is 14.7 Å². The maximum absolute atomic E-state index is 12.2. The number of hydrogen-bond donors (Lipinski definition) is 0. The molecule has 0 saturated carbocycles. The summed E-state index contributed by atoms with van der Waals surface area (Å²) in [5.74, 6) is 0.329. The molecule has 0 aliphatic heterocycles. The molecular weight excluding hydrogens is 302 g/mol. The number of rotatable bonds is 3. The first kappa shape index (κ1) is 14.4. The molecule has 0 radical (unpaired) electrons. The first-order chi connectivity index (χ1) is 11.7. The molecule has 24 heavy (non-hydrogen) atoms. The minimum atomic E-state index is -0.396. The summed E-state index contributed by atoms with van der Waals surface area (Å²) in [6, 6.07) is 19.2. The Morgan fingerprint density at radius 3 is 2.58 bits per heavy atom. The molecule has 4 aromatic rings. The van der Waals surface area contributed by atoms with Crippen molar-refractivity contribution in [1.29, 1.82) is 0 Å². The summed E-state index contributed by atoms with van der Waals surface area (Å²) in [5, 5.41) is 1.01. The number of hydrogen-bond acceptors (Lipinski definition) is 4. The lowest BCUT2D eigenvalue weighted by atomic mass is 10.1. The van der Waals surface area contributed by atoms with Crippen molar-refractivity contribution < 1.29 is 4.52 Å². The number of benzene rings is 2. The van der Waals surface area contributed by atoms with Gasteiger partial charge in [-0.05, 0) is 36.8 Å². The summed E-state index contributed by atoms with van der Waals surface area (Å²) < 4.78 is 6.95. The van der Waals surface area contributed by atoms with Crippen molar-refractivity contribution in [3.63, 3.8) is 0 Å². The molecule has 5 heteroatoms. The third-order valence-corrected chi connectivity index (χ3v) is 3.87. The minimum absolute atomic E-state index is 0.322. The van der Waals surface area contributed by atoms with E-state index in [9.17, 15) is 4.79 Å². The lowest BCUT2D eigenvalue weighted by molar-refractivity contribution is 0.286. The van der Waals surface area contributed by atoms with E-state index in [1.807, 2.05) is 67.6 Å². The van der Waals surface area contributed by atoms with Gasteiger partial charge in [-0.2, -0.15) is 4.98 Å². The zero-order chi connectivity index (χ0) is 16.5. The van der Waals surface area contributed by atoms with E-state index in [4.69, 9.17) is 4.52 Å². The predicted octanol–water partition coefficient (Wildman–Crippen LogP) is 3.41. The van der Waals surface area contributed by atoms with Gasteiger partial charge in [-0.1, -0.05) is 36.4 Å².